The van der Waals surface area contributed by atoms with Crippen molar-refractivity contribution in [1.82, 2.24) is 4.90 Å². The van der Waals surface area contributed by atoms with Crippen LogP contribution in [0.4, 0.5) is 0 Å². The first-order chi connectivity index (χ1) is 10.4. The van der Waals surface area contributed by atoms with Crippen molar-refractivity contribution in [1.29, 1.82) is 0 Å². The molecule has 1 nitrogen and oxygen atoms in total. The molecule has 0 rings (SSSR count). The van der Waals surface area contributed by atoms with Gasteiger partial charge < -0.3 is 0 Å². The largest absolute Gasteiger partial charge is 0.292 e. The van der Waals surface area contributed by atoms with Gasteiger partial charge in [-0.2, -0.15) is 0 Å². The molecule has 1 heteroatoms. The Morgan fingerprint density at radius 2 is 1.08 bits per heavy atom. The standard InChI is InChI=1S/C23H49N/c1-14-18(16-20(3,4)5)24(23(12,13)15-2)19(22(9,10)11)17-21(6,7)8/h18-19H,14-17H2,1-13H3. The topological polar surface area (TPSA) is 3.24 Å². The van der Waals surface area contributed by atoms with Crippen molar-refractivity contribution < 1.29 is 0 Å². The lowest BCUT2D eigenvalue weighted by Crippen LogP contribution is -2.60. The first-order valence-electron chi connectivity index (χ1n) is 10.2. The maximum atomic E-state index is 2.92. The van der Waals surface area contributed by atoms with Gasteiger partial charge in [-0.25, -0.2) is 0 Å². The molecule has 0 saturated carbocycles. The maximum Gasteiger partial charge on any atom is 0.0157 e. The Morgan fingerprint density at radius 1 is 0.667 bits per heavy atom. The van der Waals surface area contributed by atoms with E-state index in [0.717, 1.165) is 0 Å². The van der Waals surface area contributed by atoms with Crippen molar-refractivity contribution in [2.24, 2.45) is 16.2 Å². The summed E-state index contributed by atoms with van der Waals surface area (Å²) in [5.74, 6) is 0. The second kappa shape index (κ2) is 8.11. The molecule has 2 unspecified atom stereocenters. The minimum absolute atomic E-state index is 0.231. The van der Waals surface area contributed by atoms with E-state index in [2.05, 4.69) is 94.9 Å². The molecule has 2 atom stereocenters. The Labute approximate surface area is 155 Å². The van der Waals surface area contributed by atoms with Crippen molar-refractivity contribution in [2.75, 3.05) is 0 Å². The average Bonchev–Trinajstić information content (AvgIpc) is 2.32. The van der Waals surface area contributed by atoms with E-state index in [4.69, 9.17) is 0 Å². The lowest BCUT2D eigenvalue weighted by Gasteiger charge is -2.54. The maximum absolute atomic E-state index is 2.92. The molecule has 0 aliphatic heterocycles. The number of hydrogen-bond donors (Lipinski definition) is 0. The summed E-state index contributed by atoms with van der Waals surface area (Å²) in [5, 5.41) is 0. The summed E-state index contributed by atoms with van der Waals surface area (Å²) >= 11 is 0. The van der Waals surface area contributed by atoms with Gasteiger partial charge in [0.05, 0.1) is 0 Å². The molecule has 0 aromatic carbocycles. The van der Waals surface area contributed by atoms with Gasteiger partial charge in [0.2, 0.25) is 0 Å². The molecule has 0 radical (unpaired) electrons. The van der Waals surface area contributed by atoms with Crippen LogP contribution in [0.3, 0.4) is 0 Å². The predicted molar refractivity (Wildman–Crippen MR) is 112 cm³/mol. The summed E-state index contributed by atoms with van der Waals surface area (Å²) in [6, 6.07) is 1.24. The molecule has 0 aliphatic rings. The fraction of sp³-hybridized carbons (Fsp3) is 1.00. The normalized spacial score (nSPS) is 17.2. The predicted octanol–water partition coefficient (Wildman–Crippen LogP) is 7.54. The molecular formula is C23H49N. The van der Waals surface area contributed by atoms with Crippen LogP contribution in [0.2, 0.25) is 0 Å². The summed E-state index contributed by atoms with van der Waals surface area (Å²) in [5.41, 5.74) is 1.23. The monoisotopic (exact) mass is 339 g/mol. The van der Waals surface area contributed by atoms with Crippen molar-refractivity contribution in [2.45, 2.75) is 133 Å². The van der Waals surface area contributed by atoms with E-state index >= 15 is 0 Å². The zero-order valence-corrected chi connectivity index (χ0v) is 19.4. The number of nitrogens with zero attached hydrogens (tertiary/aromatic N) is 1. The Balaban J connectivity index is 6.04. The molecule has 0 aliphatic carbocycles. The van der Waals surface area contributed by atoms with Gasteiger partial charge in [0, 0.05) is 17.6 Å². The molecular weight excluding hydrogens is 290 g/mol. The van der Waals surface area contributed by atoms with E-state index in [1.807, 2.05) is 0 Å². The second-order valence-electron chi connectivity index (χ2n) is 12.0. The minimum atomic E-state index is 0.231. The van der Waals surface area contributed by atoms with Gasteiger partial charge in [-0.05, 0) is 55.8 Å². The molecule has 0 heterocycles. The summed E-state index contributed by atoms with van der Waals surface area (Å²) < 4.78 is 0. The van der Waals surface area contributed by atoms with Crippen molar-refractivity contribution in [3.8, 4) is 0 Å². The third-order valence-electron chi connectivity index (χ3n) is 5.42. The van der Waals surface area contributed by atoms with Gasteiger partial charge in [-0.3, -0.25) is 4.90 Å². The highest BCUT2D eigenvalue weighted by Gasteiger charge is 2.43. The van der Waals surface area contributed by atoms with Gasteiger partial charge in [-0.15, -0.1) is 0 Å². The van der Waals surface area contributed by atoms with Gasteiger partial charge in [-0.1, -0.05) is 76.2 Å². The molecule has 0 aromatic heterocycles. The number of rotatable bonds is 7. The summed E-state index contributed by atoms with van der Waals surface area (Å²) in [7, 11) is 0. The van der Waals surface area contributed by atoms with E-state index in [1.165, 1.54) is 25.7 Å². The lowest BCUT2D eigenvalue weighted by molar-refractivity contribution is -0.0535. The Kier molecular flexibility index (Phi) is 8.09. The highest BCUT2D eigenvalue weighted by Crippen LogP contribution is 2.42. The lowest BCUT2D eigenvalue weighted by atomic mass is 9.72. The molecule has 0 bridgehead atoms. The second-order valence-corrected chi connectivity index (χ2v) is 12.0. The van der Waals surface area contributed by atoms with Gasteiger partial charge in [0.1, 0.15) is 0 Å². The van der Waals surface area contributed by atoms with E-state index in [1.54, 1.807) is 0 Å². The van der Waals surface area contributed by atoms with Crippen LogP contribution < -0.4 is 0 Å². The van der Waals surface area contributed by atoms with Crippen LogP contribution in [0.25, 0.3) is 0 Å². The van der Waals surface area contributed by atoms with Crippen LogP contribution in [0, 0.1) is 16.2 Å². The quantitative estimate of drug-likeness (QED) is 0.463. The van der Waals surface area contributed by atoms with Gasteiger partial charge >= 0.3 is 0 Å². The summed E-state index contributed by atoms with van der Waals surface area (Å²) in [4.78, 5) is 2.92. The molecule has 146 valence electrons. The first-order valence-corrected chi connectivity index (χ1v) is 10.2. The highest BCUT2D eigenvalue weighted by atomic mass is 15.3. The van der Waals surface area contributed by atoms with Crippen molar-refractivity contribution in [3.63, 3.8) is 0 Å². The molecule has 0 amide bonds. The molecule has 0 fully saturated rings. The third-order valence-corrected chi connectivity index (χ3v) is 5.42. The fourth-order valence-corrected chi connectivity index (χ4v) is 3.90. The van der Waals surface area contributed by atoms with Crippen LogP contribution in [0.1, 0.15) is 116 Å². The van der Waals surface area contributed by atoms with Crippen molar-refractivity contribution in [3.05, 3.63) is 0 Å². The van der Waals surface area contributed by atoms with Crippen LogP contribution in [0.5, 0.6) is 0 Å². The Hall–Kier alpha value is -0.0400. The SMILES string of the molecule is CCC(CC(C)(C)C)N(C(CC(C)(C)C)C(C)(C)C)C(C)(C)CC. The molecule has 0 aromatic rings. The first kappa shape index (κ1) is 24.0. The smallest absolute Gasteiger partial charge is 0.0157 e. The van der Waals surface area contributed by atoms with Crippen LogP contribution >= 0.6 is 0 Å². The zero-order valence-electron chi connectivity index (χ0n) is 19.4. The van der Waals surface area contributed by atoms with E-state index in [9.17, 15) is 0 Å². The molecule has 24 heavy (non-hydrogen) atoms. The van der Waals surface area contributed by atoms with Crippen LogP contribution in [0.15, 0.2) is 0 Å². The minimum Gasteiger partial charge on any atom is -0.292 e. The molecule has 0 spiro atoms. The fourth-order valence-electron chi connectivity index (χ4n) is 3.90. The molecule has 0 saturated heterocycles. The Morgan fingerprint density at radius 3 is 1.33 bits per heavy atom. The average molecular weight is 340 g/mol. The highest BCUT2D eigenvalue weighted by molar-refractivity contribution is 4.97. The number of hydrogen-bond acceptors (Lipinski definition) is 1. The van der Waals surface area contributed by atoms with Crippen molar-refractivity contribution >= 4 is 0 Å². The molecule has 0 N–H and O–H groups in total. The van der Waals surface area contributed by atoms with E-state index in [-0.39, 0.29) is 11.0 Å². The Bertz CT molecular complexity index is 359. The summed E-state index contributed by atoms with van der Waals surface area (Å²) in [6.07, 6.45) is 4.95. The zero-order chi connectivity index (χ0) is 19.6. The van der Waals surface area contributed by atoms with E-state index in [0.29, 0.717) is 22.9 Å². The van der Waals surface area contributed by atoms with Crippen LogP contribution in [-0.4, -0.2) is 22.5 Å². The van der Waals surface area contributed by atoms with E-state index < -0.39 is 0 Å². The van der Waals surface area contributed by atoms with Gasteiger partial charge in [0.25, 0.3) is 0 Å². The summed E-state index contributed by atoms with van der Waals surface area (Å²) in [6.45, 7) is 31.3. The van der Waals surface area contributed by atoms with Crippen LogP contribution in [-0.2, 0) is 0 Å². The third kappa shape index (κ3) is 7.89. The van der Waals surface area contributed by atoms with Gasteiger partial charge in [0.15, 0.2) is 0 Å².